The molecule has 0 fully saturated rings. The summed E-state index contributed by atoms with van der Waals surface area (Å²) >= 11 is 0. The number of benzene rings is 6. The largest absolute Gasteiger partial charge is 0.457 e. The van der Waals surface area contributed by atoms with Gasteiger partial charge in [0.2, 0.25) is 0 Å². The fraction of sp³-hybridized carbons (Fsp3) is 0.0476. The van der Waals surface area contributed by atoms with Gasteiger partial charge in [0.1, 0.15) is 23.0 Å². The van der Waals surface area contributed by atoms with Crippen molar-refractivity contribution in [3.8, 4) is 34.1 Å². The summed E-state index contributed by atoms with van der Waals surface area (Å²) in [4.78, 5) is 47.3. The first kappa shape index (κ1) is 30.5. The SMILES string of the molecule is O=C1OC(=O)c2cc(Oc3ccc(Cc4ccccc4-c4ccccc4Cc4ccc(Oc5ccc6c(c5)C(=O)OC6=O)cc4)cc3)ccc21. The molecule has 0 saturated heterocycles. The van der Waals surface area contributed by atoms with Crippen molar-refractivity contribution in [1.82, 2.24) is 0 Å². The first-order valence-electron chi connectivity index (χ1n) is 15.9. The molecule has 6 aromatic rings. The number of esters is 4. The van der Waals surface area contributed by atoms with E-state index in [2.05, 4.69) is 33.7 Å². The van der Waals surface area contributed by atoms with Crippen LogP contribution in [-0.4, -0.2) is 23.9 Å². The summed E-state index contributed by atoms with van der Waals surface area (Å²) in [5, 5.41) is 0. The first-order chi connectivity index (χ1) is 24.4. The van der Waals surface area contributed by atoms with E-state index >= 15 is 0 Å². The summed E-state index contributed by atoms with van der Waals surface area (Å²) in [6, 6.07) is 41.7. The molecule has 0 aromatic heterocycles. The van der Waals surface area contributed by atoms with E-state index in [9.17, 15) is 19.2 Å². The highest BCUT2D eigenvalue weighted by atomic mass is 16.6. The zero-order chi connectivity index (χ0) is 34.2. The van der Waals surface area contributed by atoms with Gasteiger partial charge in [-0.25, -0.2) is 19.2 Å². The normalized spacial score (nSPS) is 13.0. The molecule has 50 heavy (non-hydrogen) atoms. The second-order valence-corrected chi connectivity index (χ2v) is 11.9. The number of carbonyl (C=O) groups is 4. The van der Waals surface area contributed by atoms with Crippen LogP contribution in [0.2, 0.25) is 0 Å². The highest BCUT2D eigenvalue weighted by Crippen LogP contribution is 2.33. The van der Waals surface area contributed by atoms with Crippen molar-refractivity contribution in [3.05, 3.63) is 178 Å². The van der Waals surface area contributed by atoms with E-state index in [4.69, 9.17) is 9.47 Å². The molecule has 8 heteroatoms. The van der Waals surface area contributed by atoms with E-state index in [0.717, 1.165) is 22.3 Å². The Morgan fingerprint density at radius 1 is 0.360 bits per heavy atom. The topological polar surface area (TPSA) is 105 Å². The quantitative estimate of drug-likeness (QED) is 0.112. The van der Waals surface area contributed by atoms with Crippen molar-refractivity contribution < 1.29 is 38.1 Å². The molecule has 0 N–H and O–H groups in total. The summed E-state index contributed by atoms with van der Waals surface area (Å²) in [6.07, 6.45) is 1.41. The van der Waals surface area contributed by atoms with E-state index in [-0.39, 0.29) is 22.3 Å². The van der Waals surface area contributed by atoms with Crippen LogP contribution in [0.3, 0.4) is 0 Å². The maximum Gasteiger partial charge on any atom is 0.347 e. The third-order valence-corrected chi connectivity index (χ3v) is 8.66. The standard InChI is InChI=1S/C42H26O8/c43-39-35-19-17-31(23-37(35)41(45)49-39)47-29-13-9-25(10-14-29)21-27-5-1-3-7-33(27)34-8-4-2-6-28(34)22-26-11-15-30(16-12-26)48-32-18-20-36-38(24-32)42(46)50-40(36)44/h1-20,23-24H,21-22H2. The molecular formula is C42H26O8. The van der Waals surface area contributed by atoms with Gasteiger partial charge in [0, 0.05) is 0 Å². The summed E-state index contributed by atoms with van der Waals surface area (Å²) < 4.78 is 21.3. The molecule has 0 aliphatic carbocycles. The van der Waals surface area contributed by atoms with Crippen molar-refractivity contribution >= 4 is 23.9 Å². The van der Waals surface area contributed by atoms with Crippen molar-refractivity contribution in [2.24, 2.45) is 0 Å². The maximum atomic E-state index is 11.9. The number of ether oxygens (including phenoxy) is 4. The Bertz CT molecular complexity index is 2170. The molecule has 2 aliphatic heterocycles. The molecule has 8 nitrogen and oxygen atoms in total. The van der Waals surface area contributed by atoms with Gasteiger partial charge in [0.15, 0.2) is 0 Å². The fourth-order valence-corrected chi connectivity index (χ4v) is 6.19. The number of hydrogen-bond acceptors (Lipinski definition) is 8. The molecule has 0 spiro atoms. The lowest BCUT2D eigenvalue weighted by Crippen LogP contribution is -1.97. The molecule has 0 unspecified atom stereocenters. The first-order valence-corrected chi connectivity index (χ1v) is 15.9. The Hall–Kier alpha value is -6.80. The van der Waals surface area contributed by atoms with Crippen LogP contribution in [-0.2, 0) is 22.3 Å². The number of carbonyl (C=O) groups excluding carboxylic acids is 4. The molecule has 8 rings (SSSR count). The van der Waals surface area contributed by atoms with Crippen LogP contribution in [0.1, 0.15) is 63.7 Å². The zero-order valence-corrected chi connectivity index (χ0v) is 26.4. The molecule has 2 aliphatic rings. The van der Waals surface area contributed by atoms with Gasteiger partial charge < -0.3 is 18.9 Å². The molecule has 0 amide bonds. The van der Waals surface area contributed by atoms with E-state index < -0.39 is 23.9 Å². The second-order valence-electron chi connectivity index (χ2n) is 11.9. The molecule has 0 atom stereocenters. The molecule has 242 valence electrons. The predicted octanol–water partition coefficient (Wildman–Crippen LogP) is 8.74. The van der Waals surface area contributed by atoms with Crippen LogP contribution in [0.5, 0.6) is 23.0 Å². The number of rotatable bonds is 9. The minimum Gasteiger partial charge on any atom is -0.457 e. The minimum atomic E-state index is -0.669. The van der Waals surface area contributed by atoms with Crippen molar-refractivity contribution in [1.29, 1.82) is 0 Å². The van der Waals surface area contributed by atoms with Gasteiger partial charge in [-0.05, 0) is 107 Å². The van der Waals surface area contributed by atoms with Crippen molar-refractivity contribution in [3.63, 3.8) is 0 Å². The van der Waals surface area contributed by atoms with Crippen LogP contribution in [0.25, 0.3) is 11.1 Å². The number of cyclic esters (lactones) is 4. The zero-order valence-electron chi connectivity index (χ0n) is 26.4. The minimum absolute atomic E-state index is 0.203. The Labute approximate surface area is 286 Å². The summed E-state index contributed by atoms with van der Waals surface area (Å²) in [5.41, 5.74) is 7.75. The smallest absolute Gasteiger partial charge is 0.347 e. The third kappa shape index (κ3) is 6.02. The molecule has 2 heterocycles. The average Bonchev–Trinajstić information content (AvgIpc) is 3.58. The Balaban J connectivity index is 0.963. The van der Waals surface area contributed by atoms with Gasteiger partial charge in [0.25, 0.3) is 0 Å². The Morgan fingerprint density at radius 3 is 1.14 bits per heavy atom. The number of hydrogen-bond donors (Lipinski definition) is 0. The van der Waals surface area contributed by atoms with Crippen LogP contribution in [0.15, 0.2) is 133 Å². The van der Waals surface area contributed by atoms with Gasteiger partial charge in [0.05, 0.1) is 22.3 Å². The fourth-order valence-electron chi connectivity index (χ4n) is 6.19. The van der Waals surface area contributed by atoms with E-state index in [0.29, 0.717) is 35.8 Å². The van der Waals surface area contributed by atoms with Gasteiger partial charge >= 0.3 is 23.9 Å². The highest BCUT2D eigenvalue weighted by molar-refractivity contribution is 6.15. The lowest BCUT2D eigenvalue weighted by atomic mass is 9.90. The summed E-state index contributed by atoms with van der Waals surface area (Å²) in [5.74, 6) is -0.528. The van der Waals surface area contributed by atoms with Crippen LogP contribution in [0, 0.1) is 0 Å². The van der Waals surface area contributed by atoms with Crippen LogP contribution < -0.4 is 9.47 Å². The van der Waals surface area contributed by atoms with Gasteiger partial charge in [-0.1, -0.05) is 72.8 Å². The summed E-state index contributed by atoms with van der Waals surface area (Å²) in [6.45, 7) is 0. The molecule has 0 bridgehead atoms. The monoisotopic (exact) mass is 658 g/mol. The van der Waals surface area contributed by atoms with Gasteiger partial charge in [-0.3, -0.25) is 0 Å². The third-order valence-electron chi connectivity index (χ3n) is 8.66. The Kier molecular flexibility index (Phi) is 7.73. The summed E-state index contributed by atoms with van der Waals surface area (Å²) in [7, 11) is 0. The average molecular weight is 659 g/mol. The predicted molar refractivity (Wildman–Crippen MR) is 183 cm³/mol. The molecule has 6 aromatic carbocycles. The van der Waals surface area contributed by atoms with Crippen LogP contribution >= 0.6 is 0 Å². The van der Waals surface area contributed by atoms with Crippen molar-refractivity contribution in [2.45, 2.75) is 12.8 Å². The van der Waals surface area contributed by atoms with Gasteiger partial charge in [-0.2, -0.15) is 0 Å². The van der Waals surface area contributed by atoms with E-state index in [1.165, 1.54) is 35.4 Å². The second kappa shape index (κ2) is 12.7. The molecule has 0 saturated carbocycles. The lowest BCUT2D eigenvalue weighted by Gasteiger charge is -2.15. The molecule has 0 radical (unpaired) electrons. The lowest BCUT2D eigenvalue weighted by molar-refractivity contribution is 0.0425. The van der Waals surface area contributed by atoms with Crippen LogP contribution in [0.4, 0.5) is 0 Å². The molecular weight excluding hydrogens is 632 g/mol. The van der Waals surface area contributed by atoms with Gasteiger partial charge in [-0.15, -0.1) is 0 Å². The highest BCUT2D eigenvalue weighted by Gasteiger charge is 2.31. The Morgan fingerprint density at radius 2 is 0.720 bits per heavy atom. The van der Waals surface area contributed by atoms with E-state index in [1.807, 2.05) is 72.8 Å². The number of fused-ring (bicyclic) bond motifs is 2. The maximum absolute atomic E-state index is 11.9. The van der Waals surface area contributed by atoms with E-state index in [1.54, 1.807) is 12.1 Å². The van der Waals surface area contributed by atoms with Crippen molar-refractivity contribution in [2.75, 3.05) is 0 Å².